The molecular weight excluding hydrogens is 246 g/mol. The summed E-state index contributed by atoms with van der Waals surface area (Å²) in [5.74, 6) is 0. The summed E-state index contributed by atoms with van der Waals surface area (Å²) in [4.78, 5) is 2.34. The van der Waals surface area contributed by atoms with Crippen molar-refractivity contribution in [3.63, 3.8) is 0 Å². The van der Waals surface area contributed by atoms with E-state index in [4.69, 9.17) is 0 Å². The summed E-state index contributed by atoms with van der Waals surface area (Å²) in [6.45, 7) is 8.50. The van der Waals surface area contributed by atoms with Gasteiger partial charge in [0.1, 0.15) is 0 Å². The average molecular weight is 267 g/mol. The molecule has 2 aromatic carbocycles. The van der Waals surface area contributed by atoms with E-state index in [1.807, 2.05) is 36.4 Å². The molecule has 2 aromatic rings. The van der Waals surface area contributed by atoms with Crippen molar-refractivity contribution >= 4 is 17.1 Å². The topological polar surface area (TPSA) is 28.0 Å². The molecule has 0 heterocycles. The monoisotopic (exact) mass is 267 g/mol. The van der Waals surface area contributed by atoms with Gasteiger partial charge < -0.3 is 4.90 Å². The van der Waals surface area contributed by atoms with Gasteiger partial charge in [-0.3, -0.25) is 0 Å². The fourth-order valence-corrected chi connectivity index (χ4v) is 2.23. The van der Waals surface area contributed by atoms with Gasteiger partial charge in [-0.2, -0.15) is 10.2 Å². The van der Waals surface area contributed by atoms with Gasteiger partial charge in [-0.15, -0.1) is 0 Å². The van der Waals surface area contributed by atoms with Crippen molar-refractivity contribution in [2.75, 3.05) is 18.0 Å². The van der Waals surface area contributed by atoms with Crippen LogP contribution in [0.25, 0.3) is 0 Å². The summed E-state index contributed by atoms with van der Waals surface area (Å²) in [6.07, 6.45) is 0. The molecule has 3 nitrogen and oxygen atoms in total. The third-order valence-corrected chi connectivity index (χ3v) is 3.32. The average Bonchev–Trinajstić information content (AvgIpc) is 2.49. The number of anilines is 1. The SMILES string of the molecule is CCN(CC)c1ccc(/N=N/c2ccccc2)cc1C. The van der Waals surface area contributed by atoms with Gasteiger partial charge in [-0.1, -0.05) is 18.2 Å². The lowest BCUT2D eigenvalue weighted by atomic mass is 10.1. The number of hydrogen-bond donors (Lipinski definition) is 0. The number of benzene rings is 2. The summed E-state index contributed by atoms with van der Waals surface area (Å²) in [7, 11) is 0. The van der Waals surface area contributed by atoms with Crippen LogP contribution < -0.4 is 4.90 Å². The Labute approximate surface area is 121 Å². The van der Waals surface area contributed by atoms with Gasteiger partial charge in [-0.25, -0.2) is 0 Å². The molecule has 0 aliphatic carbocycles. The highest BCUT2D eigenvalue weighted by atomic mass is 15.1. The number of azo groups is 1. The highest BCUT2D eigenvalue weighted by molar-refractivity contribution is 5.58. The number of nitrogens with zero attached hydrogens (tertiary/aromatic N) is 3. The normalized spacial score (nSPS) is 10.9. The molecule has 0 atom stereocenters. The summed E-state index contributed by atoms with van der Waals surface area (Å²) in [6, 6.07) is 16.0. The first kappa shape index (κ1) is 14.3. The summed E-state index contributed by atoms with van der Waals surface area (Å²) in [5.41, 5.74) is 4.27. The molecule has 20 heavy (non-hydrogen) atoms. The minimum Gasteiger partial charge on any atom is -0.372 e. The maximum Gasteiger partial charge on any atom is 0.0861 e. The van der Waals surface area contributed by atoms with Crippen molar-refractivity contribution in [3.8, 4) is 0 Å². The Balaban J connectivity index is 2.19. The van der Waals surface area contributed by atoms with E-state index in [0.29, 0.717) is 0 Å². The highest BCUT2D eigenvalue weighted by Crippen LogP contribution is 2.26. The molecule has 2 rings (SSSR count). The van der Waals surface area contributed by atoms with Crippen molar-refractivity contribution < 1.29 is 0 Å². The number of hydrogen-bond acceptors (Lipinski definition) is 3. The lowest BCUT2D eigenvalue weighted by Crippen LogP contribution is -2.22. The van der Waals surface area contributed by atoms with Gasteiger partial charge in [0.25, 0.3) is 0 Å². The minimum absolute atomic E-state index is 0.873. The summed E-state index contributed by atoms with van der Waals surface area (Å²) < 4.78 is 0. The van der Waals surface area contributed by atoms with Crippen LogP contribution in [-0.4, -0.2) is 13.1 Å². The standard InChI is InChI=1S/C17H21N3/c1-4-20(5-2)17-12-11-16(13-14(17)3)19-18-15-9-7-6-8-10-15/h6-13H,4-5H2,1-3H3/b19-18+. The molecule has 3 heteroatoms. The van der Waals surface area contributed by atoms with Crippen molar-refractivity contribution in [2.45, 2.75) is 20.8 Å². The van der Waals surface area contributed by atoms with E-state index in [0.717, 1.165) is 24.5 Å². The van der Waals surface area contributed by atoms with E-state index in [1.54, 1.807) is 0 Å². The Kier molecular flexibility index (Phi) is 4.88. The van der Waals surface area contributed by atoms with Crippen LogP contribution in [0.3, 0.4) is 0 Å². The second-order valence-electron chi connectivity index (χ2n) is 4.68. The van der Waals surface area contributed by atoms with Crippen molar-refractivity contribution in [2.24, 2.45) is 10.2 Å². The van der Waals surface area contributed by atoms with Crippen LogP contribution in [-0.2, 0) is 0 Å². The van der Waals surface area contributed by atoms with E-state index in [-0.39, 0.29) is 0 Å². The molecule has 0 spiro atoms. The summed E-state index contributed by atoms with van der Waals surface area (Å²) in [5, 5.41) is 8.54. The zero-order valence-electron chi connectivity index (χ0n) is 12.4. The second-order valence-corrected chi connectivity index (χ2v) is 4.68. The molecule has 0 aliphatic rings. The van der Waals surface area contributed by atoms with Crippen molar-refractivity contribution in [1.82, 2.24) is 0 Å². The van der Waals surface area contributed by atoms with E-state index in [1.165, 1.54) is 11.3 Å². The largest absolute Gasteiger partial charge is 0.372 e. The zero-order valence-corrected chi connectivity index (χ0v) is 12.4. The predicted octanol–water partition coefficient (Wildman–Crippen LogP) is 5.26. The first-order valence-electron chi connectivity index (χ1n) is 7.07. The van der Waals surface area contributed by atoms with Crippen LogP contribution in [0.2, 0.25) is 0 Å². The highest BCUT2D eigenvalue weighted by Gasteiger charge is 2.05. The molecule has 0 aromatic heterocycles. The molecule has 0 aliphatic heterocycles. The lowest BCUT2D eigenvalue weighted by molar-refractivity contribution is 0.862. The van der Waals surface area contributed by atoms with E-state index < -0.39 is 0 Å². The van der Waals surface area contributed by atoms with Crippen LogP contribution in [0.15, 0.2) is 58.8 Å². The Morgan fingerprint density at radius 2 is 1.50 bits per heavy atom. The van der Waals surface area contributed by atoms with Gasteiger partial charge >= 0.3 is 0 Å². The molecule has 0 amide bonds. The van der Waals surface area contributed by atoms with Gasteiger partial charge in [0, 0.05) is 18.8 Å². The quantitative estimate of drug-likeness (QED) is 0.679. The Bertz CT molecular complexity index is 572. The maximum absolute atomic E-state index is 4.30. The fraction of sp³-hybridized carbons (Fsp3) is 0.294. The smallest absolute Gasteiger partial charge is 0.0861 e. The fourth-order valence-electron chi connectivity index (χ4n) is 2.23. The third-order valence-electron chi connectivity index (χ3n) is 3.32. The van der Waals surface area contributed by atoms with Crippen LogP contribution >= 0.6 is 0 Å². The van der Waals surface area contributed by atoms with Crippen LogP contribution in [0.4, 0.5) is 17.1 Å². The molecule has 104 valence electrons. The number of rotatable bonds is 5. The molecule has 0 radical (unpaired) electrons. The first-order chi connectivity index (χ1) is 9.74. The van der Waals surface area contributed by atoms with Crippen LogP contribution in [0.1, 0.15) is 19.4 Å². The van der Waals surface area contributed by atoms with Crippen molar-refractivity contribution in [3.05, 3.63) is 54.1 Å². The Morgan fingerprint density at radius 3 is 2.10 bits per heavy atom. The van der Waals surface area contributed by atoms with Gasteiger partial charge in [0.05, 0.1) is 11.4 Å². The zero-order chi connectivity index (χ0) is 14.4. The maximum atomic E-state index is 4.30. The molecule has 0 bridgehead atoms. The molecule has 0 fully saturated rings. The van der Waals surface area contributed by atoms with E-state index >= 15 is 0 Å². The van der Waals surface area contributed by atoms with Gasteiger partial charge in [-0.05, 0) is 56.7 Å². The molecular formula is C17H21N3. The molecule has 0 N–H and O–H groups in total. The van der Waals surface area contributed by atoms with Gasteiger partial charge in [0.15, 0.2) is 0 Å². The van der Waals surface area contributed by atoms with Crippen molar-refractivity contribution in [1.29, 1.82) is 0 Å². The predicted molar refractivity (Wildman–Crippen MR) is 85.4 cm³/mol. The first-order valence-corrected chi connectivity index (χ1v) is 7.07. The van der Waals surface area contributed by atoms with E-state index in [2.05, 4.69) is 48.0 Å². The third kappa shape index (κ3) is 3.44. The van der Waals surface area contributed by atoms with Crippen LogP contribution in [0, 0.1) is 6.92 Å². The van der Waals surface area contributed by atoms with E-state index in [9.17, 15) is 0 Å². The lowest BCUT2D eigenvalue weighted by Gasteiger charge is -2.23. The van der Waals surface area contributed by atoms with Crippen LogP contribution in [0.5, 0.6) is 0 Å². The summed E-state index contributed by atoms with van der Waals surface area (Å²) >= 11 is 0. The minimum atomic E-state index is 0.873. The Hall–Kier alpha value is -2.16. The second kappa shape index (κ2) is 6.85. The Morgan fingerprint density at radius 1 is 0.850 bits per heavy atom. The molecule has 0 saturated heterocycles. The molecule has 0 saturated carbocycles. The molecule has 0 unspecified atom stereocenters. The number of aryl methyl sites for hydroxylation is 1. The van der Waals surface area contributed by atoms with Gasteiger partial charge in [0.2, 0.25) is 0 Å².